The van der Waals surface area contributed by atoms with E-state index >= 15 is 0 Å². The smallest absolute Gasteiger partial charge is 0.164 e. The largest absolute Gasteiger partial charge is 0.378 e. The lowest BCUT2D eigenvalue weighted by Gasteiger charge is -2.33. The molecule has 2 fully saturated rings. The number of hydrogen-bond donors (Lipinski definition) is 1. The van der Waals surface area contributed by atoms with Crippen LogP contribution in [0.3, 0.4) is 0 Å². The molecule has 0 aliphatic carbocycles. The van der Waals surface area contributed by atoms with Crippen LogP contribution in [0.5, 0.6) is 0 Å². The molecule has 1 aromatic rings. The predicted octanol–water partition coefficient (Wildman–Crippen LogP) is 3.52. The van der Waals surface area contributed by atoms with Gasteiger partial charge in [-0.15, -0.1) is 0 Å². The summed E-state index contributed by atoms with van der Waals surface area (Å²) in [5, 5.41) is 3.54. The summed E-state index contributed by atoms with van der Waals surface area (Å²) in [6.07, 6.45) is 4.91. The normalized spacial score (nSPS) is 28.1. The lowest BCUT2D eigenvalue weighted by Crippen LogP contribution is -2.41. The molecular weight excluding hydrogens is 251 g/mol. The molecule has 0 saturated carbocycles. The van der Waals surface area contributed by atoms with Crippen molar-refractivity contribution < 1.29 is 4.39 Å². The molecule has 2 aliphatic rings. The van der Waals surface area contributed by atoms with Gasteiger partial charge in [0.15, 0.2) is 5.82 Å². The van der Waals surface area contributed by atoms with E-state index in [1.54, 1.807) is 18.2 Å². The van der Waals surface area contributed by atoms with E-state index in [-0.39, 0.29) is 10.8 Å². The summed E-state index contributed by atoms with van der Waals surface area (Å²) in [5.74, 6) is -0.326. The third kappa shape index (κ3) is 2.21. The Kier molecular flexibility index (Phi) is 3.44. The second-order valence-corrected chi connectivity index (χ2v) is 5.65. The van der Waals surface area contributed by atoms with Gasteiger partial charge in [0.25, 0.3) is 0 Å². The Morgan fingerprint density at radius 2 is 2.11 bits per heavy atom. The van der Waals surface area contributed by atoms with Crippen LogP contribution in [0, 0.1) is 5.82 Å². The molecule has 18 heavy (non-hydrogen) atoms. The lowest BCUT2D eigenvalue weighted by molar-refractivity contribution is 0.192. The van der Waals surface area contributed by atoms with Crippen molar-refractivity contribution in [1.82, 2.24) is 4.90 Å². The average Bonchev–Trinajstić information content (AvgIpc) is 2.79. The molecule has 3 rings (SSSR count). The highest BCUT2D eigenvalue weighted by atomic mass is 35.5. The van der Waals surface area contributed by atoms with Crippen LogP contribution in [-0.4, -0.2) is 30.1 Å². The summed E-state index contributed by atoms with van der Waals surface area (Å²) >= 11 is 5.81. The fourth-order valence-corrected chi connectivity index (χ4v) is 3.41. The van der Waals surface area contributed by atoms with Crippen molar-refractivity contribution in [3.05, 3.63) is 29.0 Å². The van der Waals surface area contributed by atoms with E-state index in [0.717, 1.165) is 13.0 Å². The van der Waals surface area contributed by atoms with Gasteiger partial charge in [-0.05, 0) is 37.9 Å². The van der Waals surface area contributed by atoms with Crippen molar-refractivity contribution >= 4 is 17.3 Å². The minimum atomic E-state index is -0.326. The summed E-state index contributed by atoms with van der Waals surface area (Å²) in [5.41, 5.74) is 0.542. The van der Waals surface area contributed by atoms with E-state index in [1.165, 1.54) is 25.8 Å². The molecule has 2 aliphatic heterocycles. The molecule has 2 saturated heterocycles. The Morgan fingerprint density at radius 1 is 1.22 bits per heavy atom. The quantitative estimate of drug-likeness (QED) is 0.883. The minimum Gasteiger partial charge on any atom is -0.378 e. The Balaban J connectivity index is 1.74. The number of benzene rings is 1. The van der Waals surface area contributed by atoms with Crippen LogP contribution in [0.2, 0.25) is 5.02 Å². The number of nitrogens with one attached hydrogen (secondary N) is 1. The van der Waals surface area contributed by atoms with E-state index in [1.807, 2.05) is 0 Å². The molecule has 0 radical (unpaired) electrons. The van der Waals surface area contributed by atoms with Gasteiger partial charge in [0.2, 0.25) is 0 Å². The van der Waals surface area contributed by atoms with E-state index < -0.39 is 0 Å². The third-order valence-corrected chi connectivity index (χ3v) is 4.44. The van der Waals surface area contributed by atoms with Crippen LogP contribution < -0.4 is 5.32 Å². The molecule has 2 atom stereocenters. The standard InChI is InChI=1S/C14H18ClFN2/c15-10-4-3-5-12(14(10)16)17-11-7-9-18-8-2-1-6-13(11)18/h3-5,11,13,17H,1-2,6-9H2. The van der Waals surface area contributed by atoms with Gasteiger partial charge in [-0.1, -0.05) is 24.1 Å². The highest BCUT2D eigenvalue weighted by molar-refractivity contribution is 6.31. The molecule has 0 aromatic heterocycles. The summed E-state index contributed by atoms with van der Waals surface area (Å²) in [6.45, 7) is 2.32. The molecule has 1 N–H and O–H groups in total. The summed E-state index contributed by atoms with van der Waals surface area (Å²) < 4.78 is 13.9. The van der Waals surface area contributed by atoms with Crippen molar-refractivity contribution in [3.8, 4) is 0 Å². The molecule has 2 unspecified atom stereocenters. The average molecular weight is 269 g/mol. The van der Waals surface area contributed by atoms with Crippen molar-refractivity contribution in [1.29, 1.82) is 0 Å². The number of anilines is 1. The zero-order valence-electron chi connectivity index (χ0n) is 10.3. The first-order valence-corrected chi connectivity index (χ1v) is 7.08. The van der Waals surface area contributed by atoms with Gasteiger partial charge in [0.05, 0.1) is 10.7 Å². The molecule has 2 heterocycles. The van der Waals surface area contributed by atoms with Crippen LogP contribution in [0.25, 0.3) is 0 Å². The number of halogens is 2. The Bertz CT molecular complexity index is 438. The Labute approximate surface area is 112 Å². The van der Waals surface area contributed by atoms with Gasteiger partial charge < -0.3 is 5.32 Å². The molecule has 4 heteroatoms. The van der Waals surface area contributed by atoms with E-state index in [4.69, 9.17) is 11.6 Å². The van der Waals surface area contributed by atoms with Gasteiger partial charge in [-0.25, -0.2) is 4.39 Å². The van der Waals surface area contributed by atoms with Gasteiger partial charge in [0.1, 0.15) is 0 Å². The van der Waals surface area contributed by atoms with Gasteiger partial charge in [0, 0.05) is 18.6 Å². The highest BCUT2D eigenvalue weighted by Gasteiger charge is 2.35. The fourth-order valence-electron chi connectivity index (χ4n) is 3.23. The van der Waals surface area contributed by atoms with E-state index in [0.29, 0.717) is 17.8 Å². The van der Waals surface area contributed by atoms with Crippen LogP contribution in [0.1, 0.15) is 25.7 Å². The van der Waals surface area contributed by atoms with Crippen molar-refractivity contribution in [3.63, 3.8) is 0 Å². The first-order valence-electron chi connectivity index (χ1n) is 6.70. The third-order valence-electron chi connectivity index (χ3n) is 4.15. The maximum absolute atomic E-state index is 13.9. The number of fused-ring (bicyclic) bond motifs is 1. The number of hydrogen-bond acceptors (Lipinski definition) is 2. The first-order chi connectivity index (χ1) is 8.75. The molecule has 0 amide bonds. The monoisotopic (exact) mass is 268 g/mol. The predicted molar refractivity (Wildman–Crippen MR) is 72.6 cm³/mol. The number of nitrogens with zero attached hydrogens (tertiary/aromatic N) is 1. The van der Waals surface area contributed by atoms with Gasteiger partial charge in [-0.3, -0.25) is 4.90 Å². The molecular formula is C14H18ClFN2. The van der Waals surface area contributed by atoms with Gasteiger partial charge >= 0.3 is 0 Å². The second-order valence-electron chi connectivity index (χ2n) is 5.24. The van der Waals surface area contributed by atoms with Crippen LogP contribution in [0.15, 0.2) is 18.2 Å². The highest BCUT2D eigenvalue weighted by Crippen LogP contribution is 2.31. The maximum atomic E-state index is 13.9. The molecule has 2 nitrogen and oxygen atoms in total. The maximum Gasteiger partial charge on any atom is 0.164 e. The topological polar surface area (TPSA) is 15.3 Å². The van der Waals surface area contributed by atoms with Gasteiger partial charge in [-0.2, -0.15) is 0 Å². The van der Waals surface area contributed by atoms with E-state index in [2.05, 4.69) is 10.2 Å². The van der Waals surface area contributed by atoms with Crippen LogP contribution in [0.4, 0.5) is 10.1 Å². The molecule has 1 aromatic carbocycles. The van der Waals surface area contributed by atoms with Crippen LogP contribution >= 0.6 is 11.6 Å². The van der Waals surface area contributed by atoms with E-state index in [9.17, 15) is 4.39 Å². The number of piperidine rings is 1. The summed E-state index contributed by atoms with van der Waals surface area (Å²) in [4.78, 5) is 2.53. The lowest BCUT2D eigenvalue weighted by atomic mass is 9.99. The first kappa shape index (κ1) is 12.2. The second kappa shape index (κ2) is 5.06. The van der Waals surface area contributed by atoms with Crippen LogP contribution in [-0.2, 0) is 0 Å². The zero-order valence-corrected chi connectivity index (χ0v) is 11.1. The molecule has 0 bridgehead atoms. The summed E-state index contributed by atoms with van der Waals surface area (Å²) in [7, 11) is 0. The SMILES string of the molecule is Fc1c(Cl)cccc1NC1CCN2CCCCC12. The van der Waals surface area contributed by atoms with Crippen molar-refractivity contribution in [2.75, 3.05) is 18.4 Å². The van der Waals surface area contributed by atoms with Crippen molar-refractivity contribution in [2.24, 2.45) is 0 Å². The number of rotatable bonds is 2. The van der Waals surface area contributed by atoms with Crippen molar-refractivity contribution in [2.45, 2.75) is 37.8 Å². The summed E-state index contributed by atoms with van der Waals surface area (Å²) in [6, 6.07) is 6.08. The fraction of sp³-hybridized carbons (Fsp3) is 0.571. The Morgan fingerprint density at radius 3 is 3.00 bits per heavy atom. The Hall–Kier alpha value is -0.800. The molecule has 0 spiro atoms. The molecule has 98 valence electrons. The zero-order chi connectivity index (χ0) is 12.5. The minimum absolute atomic E-state index is 0.193.